The third kappa shape index (κ3) is 2.99. The van der Waals surface area contributed by atoms with Gasteiger partial charge in [-0.3, -0.25) is 0 Å². The van der Waals surface area contributed by atoms with E-state index in [0.29, 0.717) is 16.7 Å². The largest absolute Gasteiger partial charge is 0.327 e. The van der Waals surface area contributed by atoms with E-state index in [1.807, 2.05) is 23.1 Å². The minimum Gasteiger partial charge on any atom is -0.327 e. The van der Waals surface area contributed by atoms with Crippen LogP contribution in [0.4, 0.5) is 0 Å². The first-order valence-corrected chi connectivity index (χ1v) is 7.28. The maximum atomic E-state index is 6.20. The molecule has 2 rings (SSSR count). The zero-order chi connectivity index (χ0) is 10.9. The minimum atomic E-state index is 0.380. The van der Waals surface area contributed by atoms with E-state index in [2.05, 4.69) is 31.4 Å². The highest BCUT2D eigenvalue weighted by molar-refractivity contribution is 8.01. The number of hydrogen-bond donors (Lipinski definition) is 1. The second-order valence-corrected chi connectivity index (χ2v) is 7.65. The summed E-state index contributed by atoms with van der Waals surface area (Å²) in [6.45, 7) is 4.72. The molecule has 15 heavy (non-hydrogen) atoms. The van der Waals surface area contributed by atoms with Crippen molar-refractivity contribution in [1.82, 2.24) is 0 Å². The Kier molecular flexibility index (Phi) is 3.43. The first-order valence-electron chi connectivity index (χ1n) is 5.53. The molecule has 2 N–H and O–H groups in total. The highest BCUT2D eigenvalue weighted by Crippen LogP contribution is 2.42. The van der Waals surface area contributed by atoms with Crippen molar-refractivity contribution in [1.29, 1.82) is 0 Å². The van der Waals surface area contributed by atoms with Crippen molar-refractivity contribution in [2.45, 2.75) is 48.6 Å². The molecule has 0 aliphatic heterocycles. The van der Waals surface area contributed by atoms with Gasteiger partial charge in [-0.05, 0) is 36.1 Å². The molecule has 0 bridgehead atoms. The molecule has 1 heterocycles. The number of thiophene rings is 1. The molecule has 0 spiro atoms. The van der Waals surface area contributed by atoms with Crippen LogP contribution in [0.15, 0.2) is 21.7 Å². The molecule has 1 aromatic heterocycles. The van der Waals surface area contributed by atoms with Crippen LogP contribution in [0.2, 0.25) is 0 Å². The zero-order valence-corrected chi connectivity index (χ0v) is 11.0. The van der Waals surface area contributed by atoms with E-state index in [9.17, 15) is 0 Å². The molecule has 1 nitrogen and oxygen atoms in total. The lowest BCUT2D eigenvalue weighted by Gasteiger charge is -2.38. The maximum absolute atomic E-state index is 6.20. The standard InChI is InChI=1S/C12H19NS2/c1-12(2)6-5-9(13)10(8-12)15-11-4-3-7-14-11/h3-4,7,9-10H,5-6,8,13H2,1-2H3. The number of thioether (sulfide) groups is 1. The molecule has 1 aromatic rings. The van der Waals surface area contributed by atoms with Crippen LogP contribution in [0.3, 0.4) is 0 Å². The number of rotatable bonds is 2. The minimum absolute atomic E-state index is 0.380. The second-order valence-electron chi connectivity index (χ2n) is 5.16. The van der Waals surface area contributed by atoms with Gasteiger partial charge in [0, 0.05) is 11.3 Å². The van der Waals surface area contributed by atoms with Crippen molar-refractivity contribution in [3.05, 3.63) is 17.5 Å². The van der Waals surface area contributed by atoms with Crippen molar-refractivity contribution < 1.29 is 0 Å². The van der Waals surface area contributed by atoms with Crippen LogP contribution in [0.25, 0.3) is 0 Å². The molecule has 2 unspecified atom stereocenters. The van der Waals surface area contributed by atoms with Gasteiger partial charge in [0.2, 0.25) is 0 Å². The van der Waals surface area contributed by atoms with Gasteiger partial charge < -0.3 is 5.73 Å². The summed E-state index contributed by atoms with van der Waals surface area (Å²) in [7, 11) is 0. The van der Waals surface area contributed by atoms with Crippen molar-refractivity contribution in [2.24, 2.45) is 11.1 Å². The summed E-state index contributed by atoms with van der Waals surface area (Å²) in [6, 6.07) is 4.70. The van der Waals surface area contributed by atoms with Gasteiger partial charge >= 0.3 is 0 Å². The lowest BCUT2D eigenvalue weighted by molar-refractivity contribution is 0.232. The van der Waals surface area contributed by atoms with Crippen LogP contribution in [0.1, 0.15) is 33.1 Å². The molecule has 1 aliphatic rings. The van der Waals surface area contributed by atoms with Gasteiger partial charge in [-0.15, -0.1) is 23.1 Å². The third-order valence-corrected chi connectivity index (χ3v) is 5.57. The Bertz CT molecular complexity index is 305. The molecular weight excluding hydrogens is 222 g/mol. The summed E-state index contributed by atoms with van der Waals surface area (Å²) in [5, 5.41) is 2.74. The Labute approximate surface area is 100 Å². The summed E-state index contributed by atoms with van der Waals surface area (Å²) < 4.78 is 1.41. The second kappa shape index (κ2) is 4.48. The average Bonchev–Trinajstić information content (AvgIpc) is 2.64. The molecule has 1 aliphatic carbocycles. The summed E-state index contributed by atoms with van der Waals surface area (Å²) >= 11 is 3.80. The SMILES string of the molecule is CC1(C)CCC(N)C(Sc2cccs2)C1. The third-order valence-electron chi connectivity index (χ3n) is 3.15. The molecule has 0 radical (unpaired) electrons. The highest BCUT2D eigenvalue weighted by atomic mass is 32.2. The van der Waals surface area contributed by atoms with E-state index < -0.39 is 0 Å². The van der Waals surface area contributed by atoms with E-state index >= 15 is 0 Å². The smallest absolute Gasteiger partial charge is 0.0601 e. The number of nitrogens with two attached hydrogens (primary N) is 1. The van der Waals surface area contributed by atoms with Gasteiger partial charge in [0.05, 0.1) is 4.21 Å². The normalized spacial score (nSPS) is 30.3. The molecule has 0 amide bonds. The molecule has 0 aromatic carbocycles. The lowest BCUT2D eigenvalue weighted by atomic mass is 9.75. The summed E-state index contributed by atoms with van der Waals surface area (Å²) in [4.78, 5) is 0. The van der Waals surface area contributed by atoms with Crippen molar-refractivity contribution in [2.75, 3.05) is 0 Å². The van der Waals surface area contributed by atoms with Gasteiger partial charge in [-0.2, -0.15) is 0 Å². The van der Waals surface area contributed by atoms with E-state index in [0.717, 1.165) is 0 Å². The van der Waals surface area contributed by atoms with Crippen molar-refractivity contribution >= 4 is 23.1 Å². The van der Waals surface area contributed by atoms with Crippen molar-refractivity contribution in [3.63, 3.8) is 0 Å². The van der Waals surface area contributed by atoms with Gasteiger partial charge in [0.15, 0.2) is 0 Å². The summed E-state index contributed by atoms with van der Waals surface area (Å²) in [6.07, 6.45) is 3.70. The first-order chi connectivity index (χ1) is 7.07. The Hall–Kier alpha value is 0.01000. The predicted molar refractivity (Wildman–Crippen MR) is 69.6 cm³/mol. The van der Waals surface area contributed by atoms with Crippen LogP contribution in [0, 0.1) is 5.41 Å². The van der Waals surface area contributed by atoms with E-state index in [4.69, 9.17) is 5.73 Å². The Balaban J connectivity index is 2.01. The highest BCUT2D eigenvalue weighted by Gasteiger charge is 2.33. The molecule has 1 saturated carbocycles. The maximum Gasteiger partial charge on any atom is 0.0601 e. The molecular formula is C12H19NS2. The average molecular weight is 241 g/mol. The van der Waals surface area contributed by atoms with Gasteiger partial charge in [0.1, 0.15) is 0 Å². The van der Waals surface area contributed by atoms with Crippen LogP contribution in [-0.2, 0) is 0 Å². The Morgan fingerprint density at radius 1 is 1.53 bits per heavy atom. The monoisotopic (exact) mass is 241 g/mol. The molecule has 3 heteroatoms. The van der Waals surface area contributed by atoms with Gasteiger partial charge in [-0.25, -0.2) is 0 Å². The van der Waals surface area contributed by atoms with Crippen LogP contribution < -0.4 is 5.73 Å². The van der Waals surface area contributed by atoms with E-state index in [1.165, 1.54) is 23.5 Å². The summed E-state index contributed by atoms with van der Waals surface area (Å²) in [5.74, 6) is 0. The Morgan fingerprint density at radius 3 is 3.00 bits per heavy atom. The molecule has 0 saturated heterocycles. The fourth-order valence-corrected chi connectivity index (χ4v) is 4.66. The fraction of sp³-hybridized carbons (Fsp3) is 0.667. The lowest BCUT2D eigenvalue weighted by Crippen LogP contribution is -2.41. The molecule has 1 fully saturated rings. The molecule has 2 atom stereocenters. The van der Waals surface area contributed by atoms with E-state index in [1.54, 1.807) is 0 Å². The predicted octanol–water partition coefficient (Wildman–Crippen LogP) is 3.75. The summed E-state index contributed by atoms with van der Waals surface area (Å²) in [5.41, 5.74) is 6.68. The van der Waals surface area contributed by atoms with Gasteiger partial charge in [-0.1, -0.05) is 19.9 Å². The van der Waals surface area contributed by atoms with Crippen molar-refractivity contribution in [3.8, 4) is 0 Å². The van der Waals surface area contributed by atoms with Crippen LogP contribution >= 0.6 is 23.1 Å². The van der Waals surface area contributed by atoms with E-state index in [-0.39, 0.29) is 0 Å². The van der Waals surface area contributed by atoms with Crippen LogP contribution in [0.5, 0.6) is 0 Å². The zero-order valence-electron chi connectivity index (χ0n) is 9.40. The quantitative estimate of drug-likeness (QED) is 0.853. The first kappa shape index (κ1) is 11.5. The van der Waals surface area contributed by atoms with Gasteiger partial charge in [0.25, 0.3) is 0 Å². The Morgan fingerprint density at radius 2 is 2.33 bits per heavy atom. The van der Waals surface area contributed by atoms with Crippen LogP contribution in [-0.4, -0.2) is 11.3 Å². The number of hydrogen-bond acceptors (Lipinski definition) is 3. The fourth-order valence-electron chi connectivity index (χ4n) is 2.15. The molecule has 84 valence electrons. The topological polar surface area (TPSA) is 26.0 Å².